The van der Waals surface area contributed by atoms with Crippen molar-refractivity contribution < 1.29 is 18.0 Å². The number of benzene rings is 1. The zero-order valence-electron chi connectivity index (χ0n) is 18.9. The number of nitrogens with one attached hydrogen (secondary N) is 1. The lowest BCUT2D eigenvalue weighted by molar-refractivity contribution is -0.160. The Balaban J connectivity index is 1.32. The molecular formula is C24H33N3O4S. The van der Waals surface area contributed by atoms with Crippen LogP contribution in [0.1, 0.15) is 51.4 Å². The minimum absolute atomic E-state index is 0.133. The third-order valence-electron chi connectivity index (χ3n) is 8.19. The molecular weight excluding hydrogens is 426 g/mol. The minimum Gasteiger partial charge on any atom is -0.330 e. The molecule has 0 spiro atoms. The van der Waals surface area contributed by atoms with Crippen molar-refractivity contribution >= 4 is 27.5 Å². The maximum Gasteiger partial charge on any atom is 0.247 e. The first-order valence-electron chi connectivity index (χ1n) is 11.8. The van der Waals surface area contributed by atoms with E-state index in [0.29, 0.717) is 36.4 Å². The van der Waals surface area contributed by atoms with Crippen LogP contribution in [0.2, 0.25) is 0 Å². The fraction of sp³-hybridized carbons (Fsp3) is 0.667. The SMILES string of the molecule is CN(C)S(=O)(=O)c1cccc(NC(=O)[C@@H]2CCCN2C(=O)C23CC4CC(CC(C4)C2)C3)c1. The van der Waals surface area contributed by atoms with E-state index in [-0.39, 0.29) is 22.1 Å². The minimum atomic E-state index is -3.59. The van der Waals surface area contributed by atoms with E-state index in [1.807, 2.05) is 4.90 Å². The second-order valence-corrected chi connectivity index (χ2v) is 12.8. The summed E-state index contributed by atoms with van der Waals surface area (Å²) in [5, 5.41) is 2.88. The van der Waals surface area contributed by atoms with Crippen molar-refractivity contribution in [2.45, 2.75) is 62.3 Å². The molecule has 7 nitrogen and oxygen atoms in total. The van der Waals surface area contributed by atoms with Gasteiger partial charge in [0.2, 0.25) is 21.8 Å². The standard InChI is InChI=1S/C24H33N3O4S/c1-26(2)32(30,31)20-6-3-5-19(12-20)25-22(28)21-7-4-8-27(21)23(29)24-13-16-9-17(14-24)11-18(10-16)15-24/h3,5-6,12,16-18,21H,4,7-11,13-15H2,1-2H3,(H,25,28)/t16?,17?,18?,21-,24?/m0/s1. The molecule has 1 N–H and O–H groups in total. The number of carbonyl (C=O) groups excluding carboxylic acids is 2. The predicted octanol–water partition coefficient (Wildman–Crippen LogP) is 3.08. The smallest absolute Gasteiger partial charge is 0.247 e. The highest BCUT2D eigenvalue weighted by Crippen LogP contribution is 2.60. The second-order valence-electron chi connectivity index (χ2n) is 10.7. The lowest BCUT2D eigenvalue weighted by atomic mass is 9.49. The van der Waals surface area contributed by atoms with Gasteiger partial charge in [0.1, 0.15) is 6.04 Å². The molecule has 174 valence electrons. The molecule has 1 aromatic rings. The molecule has 1 atom stereocenters. The summed E-state index contributed by atoms with van der Waals surface area (Å²) in [5.41, 5.74) is 0.184. The number of likely N-dealkylation sites (tertiary alicyclic amines) is 1. The molecule has 1 aromatic carbocycles. The Hall–Kier alpha value is -1.93. The molecule has 1 aliphatic heterocycles. The summed E-state index contributed by atoms with van der Waals surface area (Å²) in [6, 6.07) is 5.83. The normalized spacial score (nSPS) is 33.7. The van der Waals surface area contributed by atoms with Crippen LogP contribution in [0, 0.1) is 23.2 Å². The molecule has 2 amide bonds. The summed E-state index contributed by atoms with van der Waals surface area (Å²) in [6.07, 6.45) is 8.30. The highest BCUT2D eigenvalue weighted by atomic mass is 32.2. The van der Waals surface area contributed by atoms with E-state index < -0.39 is 16.1 Å². The van der Waals surface area contributed by atoms with Crippen LogP contribution in [0.15, 0.2) is 29.2 Å². The van der Waals surface area contributed by atoms with Crippen LogP contribution in [0.3, 0.4) is 0 Å². The van der Waals surface area contributed by atoms with Crippen molar-refractivity contribution in [2.75, 3.05) is 26.0 Å². The average molecular weight is 460 g/mol. The van der Waals surface area contributed by atoms with Crippen LogP contribution in [0.25, 0.3) is 0 Å². The first-order chi connectivity index (χ1) is 15.2. The molecule has 5 fully saturated rings. The monoisotopic (exact) mass is 459 g/mol. The van der Waals surface area contributed by atoms with Crippen LogP contribution < -0.4 is 5.32 Å². The van der Waals surface area contributed by atoms with E-state index >= 15 is 0 Å². The summed E-state index contributed by atoms with van der Waals surface area (Å²) in [6.45, 7) is 0.633. The number of hydrogen-bond acceptors (Lipinski definition) is 4. The molecule has 5 aliphatic rings. The van der Waals surface area contributed by atoms with Crippen LogP contribution in [-0.2, 0) is 19.6 Å². The van der Waals surface area contributed by atoms with Crippen molar-refractivity contribution in [1.82, 2.24) is 9.21 Å². The van der Waals surface area contributed by atoms with Gasteiger partial charge in [-0.05, 0) is 87.3 Å². The number of rotatable bonds is 5. The molecule has 4 bridgehead atoms. The Bertz CT molecular complexity index is 1000. The number of anilines is 1. The van der Waals surface area contributed by atoms with Gasteiger partial charge in [0, 0.05) is 26.3 Å². The Morgan fingerprint density at radius 3 is 2.28 bits per heavy atom. The van der Waals surface area contributed by atoms with E-state index in [0.717, 1.165) is 30.0 Å². The average Bonchev–Trinajstić information content (AvgIpc) is 3.22. The highest BCUT2D eigenvalue weighted by Gasteiger charge is 2.56. The van der Waals surface area contributed by atoms with Crippen LogP contribution in [-0.4, -0.2) is 56.1 Å². The Morgan fingerprint density at radius 1 is 1.06 bits per heavy atom. The second kappa shape index (κ2) is 7.83. The van der Waals surface area contributed by atoms with Gasteiger partial charge in [0.05, 0.1) is 10.3 Å². The van der Waals surface area contributed by atoms with Gasteiger partial charge >= 0.3 is 0 Å². The molecule has 1 heterocycles. The lowest BCUT2D eigenvalue weighted by Gasteiger charge is -2.56. The number of sulfonamides is 1. The largest absolute Gasteiger partial charge is 0.330 e. The van der Waals surface area contributed by atoms with Crippen LogP contribution >= 0.6 is 0 Å². The molecule has 0 aromatic heterocycles. The third-order valence-corrected chi connectivity index (χ3v) is 10.00. The fourth-order valence-corrected chi connectivity index (χ4v) is 8.08. The highest BCUT2D eigenvalue weighted by molar-refractivity contribution is 7.89. The predicted molar refractivity (Wildman–Crippen MR) is 121 cm³/mol. The number of hydrogen-bond donors (Lipinski definition) is 1. The zero-order chi connectivity index (χ0) is 22.7. The van der Waals surface area contributed by atoms with Crippen molar-refractivity contribution in [1.29, 1.82) is 0 Å². The van der Waals surface area contributed by atoms with Crippen molar-refractivity contribution in [2.24, 2.45) is 23.2 Å². The summed E-state index contributed by atoms with van der Waals surface area (Å²) >= 11 is 0. The lowest BCUT2D eigenvalue weighted by Crippen LogP contribution is -2.56. The molecule has 0 radical (unpaired) electrons. The van der Waals surface area contributed by atoms with Gasteiger partial charge in [-0.25, -0.2) is 12.7 Å². The Kier molecular flexibility index (Phi) is 5.36. The van der Waals surface area contributed by atoms with E-state index in [1.54, 1.807) is 12.1 Å². The van der Waals surface area contributed by atoms with E-state index in [9.17, 15) is 18.0 Å². The summed E-state index contributed by atoms with van der Waals surface area (Å²) in [5.74, 6) is 2.02. The van der Waals surface area contributed by atoms with Gasteiger partial charge in [0.25, 0.3) is 0 Å². The summed E-state index contributed by atoms with van der Waals surface area (Å²) < 4.78 is 26.0. The number of carbonyl (C=O) groups is 2. The Morgan fingerprint density at radius 2 is 1.69 bits per heavy atom. The zero-order valence-corrected chi connectivity index (χ0v) is 19.7. The summed E-state index contributed by atoms with van der Waals surface area (Å²) in [7, 11) is -0.628. The maximum atomic E-state index is 13.8. The fourth-order valence-electron chi connectivity index (χ4n) is 7.13. The van der Waals surface area contributed by atoms with Gasteiger partial charge in [-0.2, -0.15) is 0 Å². The van der Waals surface area contributed by atoms with Crippen LogP contribution in [0.4, 0.5) is 5.69 Å². The van der Waals surface area contributed by atoms with E-state index in [1.165, 1.54) is 45.5 Å². The van der Waals surface area contributed by atoms with Gasteiger partial charge in [0.15, 0.2) is 0 Å². The molecule has 4 saturated carbocycles. The first kappa shape index (κ1) is 21.9. The topological polar surface area (TPSA) is 86.8 Å². The molecule has 6 rings (SSSR count). The third kappa shape index (κ3) is 3.65. The van der Waals surface area contributed by atoms with Crippen molar-refractivity contribution in [3.8, 4) is 0 Å². The van der Waals surface area contributed by atoms with Crippen molar-refractivity contribution in [3.63, 3.8) is 0 Å². The van der Waals surface area contributed by atoms with E-state index in [4.69, 9.17) is 0 Å². The van der Waals surface area contributed by atoms with E-state index in [2.05, 4.69) is 5.32 Å². The van der Waals surface area contributed by atoms with Gasteiger partial charge < -0.3 is 10.2 Å². The first-order valence-corrected chi connectivity index (χ1v) is 13.3. The molecule has 32 heavy (non-hydrogen) atoms. The molecule has 1 saturated heterocycles. The number of nitrogens with zero attached hydrogens (tertiary/aromatic N) is 2. The molecule has 0 unspecified atom stereocenters. The summed E-state index contributed by atoms with van der Waals surface area (Å²) in [4.78, 5) is 28.9. The number of amides is 2. The molecule has 8 heteroatoms. The maximum absolute atomic E-state index is 13.8. The van der Waals surface area contributed by atoms with Crippen molar-refractivity contribution in [3.05, 3.63) is 24.3 Å². The molecule has 4 aliphatic carbocycles. The van der Waals surface area contributed by atoms with Gasteiger partial charge in [-0.1, -0.05) is 6.07 Å². The Labute approximate surface area is 190 Å². The van der Waals surface area contributed by atoms with Gasteiger partial charge in [-0.3, -0.25) is 9.59 Å². The quantitative estimate of drug-likeness (QED) is 0.733. The van der Waals surface area contributed by atoms with Gasteiger partial charge in [-0.15, -0.1) is 0 Å². The van der Waals surface area contributed by atoms with Crippen LogP contribution in [0.5, 0.6) is 0 Å².